The second-order valence-corrected chi connectivity index (χ2v) is 4.70. The molecule has 2 aromatic heterocycles. The van der Waals surface area contributed by atoms with Crippen molar-refractivity contribution in [2.24, 2.45) is 0 Å². The molecule has 0 saturated carbocycles. The second kappa shape index (κ2) is 6.12. The van der Waals surface area contributed by atoms with Gasteiger partial charge in [-0.15, -0.1) is 0 Å². The fourth-order valence-electron chi connectivity index (χ4n) is 1.69. The van der Waals surface area contributed by atoms with Gasteiger partial charge in [0.25, 0.3) is 0 Å². The number of pyridine rings is 1. The van der Waals surface area contributed by atoms with Crippen molar-refractivity contribution < 1.29 is 0 Å². The average Bonchev–Trinajstić information content (AvgIpc) is 2.35. The molecule has 0 aliphatic heterocycles. The molecule has 2 rings (SSSR count). The lowest BCUT2D eigenvalue weighted by Gasteiger charge is -2.07. The maximum absolute atomic E-state index is 6.13. The first-order chi connectivity index (χ1) is 8.70. The molecule has 0 radical (unpaired) electrons. The topological polar surface area (TPSA) is 38.7 Å². The molecule has 0 fully saturated rings. The van der Waals surface area contributed by atoms with Crippen LogP contribution in [-0.4, -0.2) is 15.0 Å². The SMILES string of the molecule is CCCc1c(Cl)nc(Cc2ccncc2)nc1Cl. The lowest BCUT2D eigenvalue weighted by atomic mass is 10.2. The predicted molar refractivity (Wildman–Crippen MR) is 73.1 cm³/mol. The van der Waals surface area contributed by atoms with Gasteiger partial charge in [-0.2, -0.15) is 0 Å². The summed E-state index contributed by atoms with van der Waals surface area (Å²) in [7, 11) is 0. The van der Waals surface area contributed by atoms with Gasteiger partial charge in [0, 0.05) is 24.4 Å². The van der Waals surface area contributed by atoms with Gasteiger partial charge in [-0.1, -0.05) is 36.5 Å². The van der Waals surface area contributed by atoms with E-state index in [-0.39, 0.29) is 0 Å². The standard InChI is InChI=1S/C13H13Cl2N3/c1-2-3-10-12(14)17-11(18-13(10)15)8-9-4-6-16-7-5-9/h4-7H,2-3,8H2,1H3. The van der Waals surface area contributed by atoms with Crippen molar-refractivity contribution in [3.8, 4) is 0 Å². The molecule has 18 heavy (non-hydrogen) atoms. The maximum atomic E-state index is 6.13. The van der Waals surface area contributed by atoms with Gasteiger partial charge in [-0.3, -0.25) is 4.98 Å². The highest BCUT2D eigenvalue weighted by Crippen LogP contribution is 2.23. The number of halogens is 2. The molecule has 3 nitrogen and oxygen atoms in total. The van der Waals surface area contributed by atoms with Crippen LogP contribution in [0.4, 0.5) is 0 Å². The van der Waals surface area contributed by atoms with E-state index in [0.717, 1.165) is 24.0 Å². The Bertz CT molecular complexity index is 506. The Balaban J connectivity index is 2.25. The molecule has 0 aliphatic carbocycles. The zero-order chi connectivity index (χ0) is 13.0. The smallest absolute Gasteiger partial charge is 0.137 e. The molecule has 0 amide bonds. The van der Waals surface area contributed by atoms with E-state index in [1.165, 1.54) is 0 Å². The van der Waals surface area contributed by atoms with Crippen LogP contribution in [0.5, 0.6) is 0 Å². The molecule has 0 bridgehead atoms. The van der Waals surface area contributed by atoms with Crippen LogP contribution in [0.3, 0.4) is 0 Å². The van der Waals surface area contributed by atoms with E-state index in [0.29, 0.717) is 22.6 Å². The largest absolute Gasteiger partial charge is 0.265 e. The van der Waals surface area contributed by atoms with Gasteiger partial charge in [0.2, 0.25) is 0 Å². The van der Waals surface area contributed by atoms with E-state index in [4.69, 9.17) is 23.2 Å². The minimum atomic E-state index is 0.459. The second-order valence-electron chi connectivity index (χ2n) is 3.98. The first-order valence-electron chi connectivity index (χ1n) is 5.80. The van der Waals surface area contributed by atoms with Crippen molar-refractivity contribution in [2.45, 2.75) is 26.2 Å². The minimum Gasteiger partial charge on any atom is -0.265 e. The van der Waals surface area contributed by atoms with E-state index in [1.807, 2.05) is 12.1 Å². The summed E-state index contributed by atoms with van der Waals surface area (Å²) in [6, 6.07) is 3.84. The van der Waals surface area contributed by atoms with Gasteiger partial charge >= 0.3 is 0 Å². The van der Waals surface area contributed by atoms with Crippen LogP contribution < -0.4 is 0 Å². The van der Waals surface area contributed by atoms with E-state index < -0.39 is 0 Å². The molecule has 0 atom stereocenters. The third kappa shape index (κ3) is 3.18. The van der Waals surface area contributed by atoms with Crippen molar-refractivity contribution >= 4 is 23.2 Å². The molecular weight excluding hydrogens is 269 g/mol. The molecule has 2 aromatic rings. The van der Waals surface area contributed by atoms with Crippen LogP contribution in [0.15, 0.2) is 24.5 Å². The molecule has 2 heterocycles. The van der Waals surface area contributed by atoms with E-state index >= 15 is 0 Å². The Hall–Kier alpha value is -1.19. The summed E-state index contributed by atoms with van der Waals surface area (Å²) >= 11 is 12.3. The molecular formula is C13H13Cl2N3. The summed E-state index contributed by atoms with van der Waals surface area (Å²) in [6.07, 6.45) is 5.85. The molecule has 0 aliphatic rings. The highest BCUT2D eigenvalue weighted by Gasteiger charge is 2.11. The fourth-order valence-corrected chi connectivity index (χ4v) is 2.30. The van der Waals surface area contributed by atoms with E-state index in [1.54, 1.807) is 12.4 Å². The van der Waals surface area contributed by atoms with E-state index in [2.05, 4.69) is 21.9 Å². The predicted octanol–water partition coefficient (Wildman–Crippen LogP) is 3.72. The Kier molecular flexibility index (Phi) is 4.50. The minimum absolute atomic E-state index is 0.459. The highest BCUT2D eigenvalue weighted by molar-refractivity contribution is 6.34. The number of hydrogen-bond acceptors (Lipinski definition) is 3. The van der Waals surface area contributed by atoms with Gasteiger partial charge in [0.05, 0.1) is 0 Å². The number of aromatic nitrogens is 3. The maximum Gasteiger partial charge on any atom is 0.137 e. The number of rotatable bonds is 4. The van der Waals surface area contributed by atoms with Crippen LogP contribution in [-0.2, 0) is 12.8 Å². The highest BCUT2D eigenvalue weighted by atomic mass is 35.5. The van der Waals surface area contributed by atoms with Gasteiger partial charge < -0.3 is 0 Å². The Labute approximate surface area is 116 Å². The first-order valence-corrected chi connectivity index (χ1v) is 6.56. The first kappa shape index (κ1) is 13.2. The van der Waals surface area contributed by atoms with Crippen molar-refractivity contribution in [3.05, 3.63) is 51.8 Å². The molecule has 0 aromatic carbocycles. The van der Waals surface area contributed by atoms with Gasteiger partial charge in [-0.05, 0) is 24.1 Å². The van der Waals surface area contributed by atoms with Crippen LogP contribution in [0, 0.1) is 0 Å². The van der Waals surface area contributed by atoms with Gasteiger partial charge in [0.1, 0.15) is 16.1 Å². The average molecular weight is 282 g/mol. The summed E-state index contributed by atoms with van der Waals surface area (Å²) in [5.74, 6) is 0.635. The van der Waals surface area contributed by atoms with Crippen molar-refractivity contribution in [1.29, 1.82) is 0 Å². The van der Waals surface area contributed by atoms with Crippen LogP contribution in [0.25, 0.3) is 0 Å². The van der Waals surface area contributed by atoms with Crippen molar-refractivity contribution in [2.75, 3.05) is 0 Å². The van der Waals surface area contributed by atoms with Crippen molar-refractivity contribution in [3.63, 3.8) is 0 Å². The zero-order valence-electron chi connectivity index (χ0n) is 10.0. The summed E-state index contributed by atoms with van der Waals surface area (Å²) in [6.45, 7) is 2.07. The summed E-state index contributed by atoms with van der Waals surface area (Å²) in [5, 5.41) is 0.918. The Morgan fingerprint density at radius 3 is 2.22 bits per heavy atom. The van der Waals surface area contributed by atoms with Crippen molar-refractivity contribution in [1.82, 2.24) is 15.0 Å². The summed E-state index contributed by atoms with van der Waals surface area (Å²) in [4.78, 5) is 12.6. The van der Waals surface area contributed by atoms with Crippen LogP contribution in [0.1, 0.15) is 30.3 Å². The van der Waals surface area contributed by atoms with Crippen LogP contribution in [0.2, 0.25) is 10.3 Å². The zero-order valence-corrected chi connectivity index (χ0v) is 11.5. The monoisotopic (exact) mass is 281 g/mol. The molecule has 0 N–H and O–H groups in total. The molecule has 0 saturated heterocycles. The van der Waals surface area contributed by atoms with E-state index in [9.17, 15) is 0 Å². The number of hydrogen-bond donors (Lipinski definition) is 0. The Morgan fingerprint density at radius 2 is 1.67 bits per heavy atom. The number of nitrogens with zero attached hydrogens (tertiary/aromatic N) is 3. The quantitative estimate of drug-likeness (QED) is 0.802. The molecule has 94 valence electrons. The third-order valence-corrected chi connectivity index (χ3v) is 3.19. The lowest BCUT2D eigenvalue weighted by Crippen LogP contribution is -2.01. The fraction of sp³-hybridized carbons (Fsp3) is 0.308. The Morgan fingerprint density at radius 1 is 1.06 bits per heavy atom. The lowest BCUT2D eigenvalue weighted by molar-refractivity contribution is 0.876. The third-order valence-electron chi connectivity index (χ3n) is 2.56. The summed E-state index contributed by atoms with van der Waals surface area (Å²) < 4.78 is 0. The molecule has 0 spiro atoms. The molecule has 5 heteroatoms. The van der Waals surface area contributed by atoms with Gasteiger partial charge in [0.15, 0.2) is 0 Å². The molecule has 0 unspecified atom stereocenters. The van der Waals surface area contributed by atoms with Gasteiger partial charge in [-0.25, -0.2) is 9.97 Å². The normalized spacial score (nSPS) is 10.6. The summed E-state index contributed by atoms with van der Waals surface area (Å²) in [5.41, 5.74) is 1.92. The van der Waals surface area contributed by atoms with Crippen LogP contribution >= 0.6 is 23.2 Å².